The monoisotopic (exact) mass is 308 g/mol. The first kappa shape index (κ1) is 12.8. The molecule has 0 spiro atoms. The van der Waals surface area contributed by atoms with Gasteiger partial charge in [0.15, 0.2) is 0 Å². The zero-order chi connectivity index (χ0) is 12.6. The van der Waals surface area contributed by atoms with Crippen molar-refractivity contribution < 1.29 is 0 Å². The van der Waals surface area contributed by atoms with Gasteiger partial charge in [-0.25, -0.2) is 0 Å². The van der Waals surface area contributed by atoms with Crippen LogP contribution in [-0.2, 0) is 0 Å². The fourth-order valence-electron chi connectivity index (χ4n) is 2.18. The molecule has 2 aromatic rings. The number of aryl methyl sites for hydroxylation is 4. The van der Waals surface area contributed by atoms with Crippen LogP contribution in [0.4, 0.5) is 0 Å². The molecule has 0 N–H and O–H groups in total. The van der Waals surface area contributed by atoms with E-state index in [0.717, 1.165) is 0 Å². The molecular formula is C15H17BrS. The molecule has 1 heterocycles. The fourth-order valence-corrected chi connectivity index (χ4v) is 4.28. The Bertz CT molecular complexity index is 540. The van der Waals surface area contributed by atoms with E-state index >= 15 is 0 Å². The number of halogens is 1. The Labute approximate surface area is 116 Å². The first-order valence-electron chi connectivity index (χ1n) is 5.77. The smallest absolute Gasteiger partial charge is 0.0657 e. The number of benzene rings is 1. The lowest BCUT2D eigenvalue weighted by atomic mass is 9.99. The molecule has 2 heteroatoms. The zero-order valence-electron chi connectivity index (χ0n) is 10.7. The Morgan fingerprint density at radius 1 is 1.00 bits per heavy atom. The highest BCUT2D eigenvalue weighted by molar-refractivity contribution is 9.09. The summed E-state index contributed by atoms with van der Waals surface area (Å²) in [5.41, 5.74) is 5.45. The third-order valence-electron chi connectivity index (χ3n) is 3.05. The van der Waals surface area contributed by atoms with Crippen molar-refractivity contribution in [3.63, 3.8) is 0 Å². The average molecular weight is 309 g/mol. The standard InChI is InChI=1S/C15H17BrS/c1-9-5-6-13(10(2)7-9)15(16)14-8-11(3)17-12(14)4/h5-8,15H,1-4H3. The Morgan fingerprint density at radius 2 is 1.71 bits per heavy atom. The molecule has 0 aliphatic carbocycles. The molecule has 1 atom stereocenters. The van der Waals surface area contributed by atoms with Gasteiger partial charge in [0.1, 0.15) is 0 Å². The molecule has 1 aromatic heterocycles. The molecular weight excluding hydrogens is 292 g/mol. The summed E-state index contributed by atoms with van der Waals surface area (Å²) in [6, 6.07) is 8.96. The van der Waals surface area contributed by atoms with Crippen LogP contribution in [0.1, 0.15) is 36.8 Å². The number of hydrogen-bond donors (Lipinski definition) is 0. The molecule has 1 unspecified atom stereocenters. The summed E-state index contributed by atoms with van der Waals surface area (Å²) in [7, 11) is 0. The maximum absolute atomic E-state index is 3.84. The summed E-state index contributed by atoms with van der Waals surface area (Å²) >= 11 is 5.71. The molecule has 0 aliphatic heterocycles. The summed E-state index contributed by atoms with van der Waals surface area (Å²) in [5.74, 6) is 0. The molecule has 17 heavy (non-hydrogen) atoms. The van der Waals surface area contributed by atoms with Crippen molar-refractivity contribution in [2.75, 3.05) is 0 Å². The van der Waals surface area contributed by atoms with Gasteiger partial charge in [0.2, 0.25) is 0 Å². The zero-order valence-corrected chi connectivity index (χ0v) is 13.1. The van der Waals surface area contributed by atoms with E-state index in [2.05, 4.69) is 67.9 Å². The maximum atomic E-state index is 3.84. The molecule has 0 saturated carbocycles. The molecule has 1 aromatic carbocycles. The Hall–Kier alpha value is -0.600. The number of rotatable bonds is 2. The van der Waals surface area contributed by atoms with E-state index in [1.54, 1.807) is 0 Å². The van der Waals surface area contributed by atoms with Gasteiger partial charge >= 0.3 is 0 Å². The van der Waals surface area contributed by atoms with Gasteiger partial charge in [-0.05, 0) is 50.5 Å². The number of alkyl halides is 1. The van der Waals surface area contributed by atoms with Crippen molar-refractivity contribution in [2.24, 2.45) is 0 Å². The highest BCUT2D eigenvalue weighted by Gasteiger charge is 2.16. The summed E-state index contributed by atoms with van der Waals surface area (Å²) in [6.45, 7) is 8.69. The van der Waals surface area contributed by atoms with Crippen molar-refractivity contribution in [3.05, 3.63) is 56.3 Å². The van der Waals surface area contributed by atoms with Crippen LogP contribution in [0.5, 0.6) is 0 Å². The highest BCUT2D eigenvalue weighted by Crippen LogP contribution is 2.37. The van der Waals surface area contributed by atoms with E-state index in [1.807, 2.05) is 11.3 Å². The van der Waals surface area contributed by atoms with E-state index in [0.29, 0.717) is 4.83 Å². The third kappa shape index (κ3) is 2.63. The lowest BCUT2D eigenvalue weighted by molar-refractivity contribution is 1.13. The van der Waals surface area contributed by atoms with Crippen LogP contribution in [0.2, 0.25) is 0 Å². The number of thiophene rings is 1. The predicted octanol–water partition coefficient (Wildman–Crippen LogP) is 5.47. The lowest BCUT2D eigenvalue weighted by Crippen LogP contribution is -1.96. The third-order valence-corrected chi connectivity index (χ3v) is 5.02. The summed E-state index contributed by atoms with van der Waals surface area (Å²) in [6.07, 6.45) is 0. The van der Waals surface area contributed by atoms with Gasteiger partial charge in [0.05, 0.1) is 4.83 Å². The first-order valence-corrected chi connectivity index (χ1v) is 7.50. The summed E-state index contributed by atoms with van der Waals surface area (Å²) in [5, 5.41) is 0. The van der Waals surface area contributed by atoms with E-state index in [1.165, 1.54) is 32.0 Å². The van der Waals surface area contributed by atoms with Crippen molar-refractivity contribution in [1.29, 1.82) is 0 Å². The van der Waals surface area contributed by atoms with E-state index < -0.39 is 0 Å². The molecule has 0 fully saturated rings. The first-order chi connectivity index (χ1) is 7.99. The van der Waals surface area contributed by atoms with Crippen molar-refractivity contribution in [2.45, 2.75) is 32.5 Å². The molecule has 0 saturated heterocycles. The second-order valence-corrected chi connectivity index (χ2v) is 6.97. The van der Waals surface area contributed by atoms with Gasteiger partial charge in [-0.3, -0.25) is 0 Å². The molecule has 0 amide bonds. The minimum atomic E-state index is 0.313. The molecule has 0 aliphatic rings. The van der Waals surface area contributed by atoms with E-state index in [-0.39, 0.29) is 0 Å². The molecule has 2 rings (SSSR count). The quantitative estimate of drug-likeness (QED) is 0.646. The Balaban J connectivity index is 2.43. The highest BCUT2D eigenvalue weighted by atomic mass is 79.9. The van der Waals surface area contributed by atoms with Crippen LogP contribution in [0.25, 0.3) is 0 Å². The fraction of sp³-hybridized carbons (Fsp3) is 0.333. The lowest BCUT2D eigenvalue weighted by Gasteiger charge is -2.13. The van der Waals surface area contributed by atoms with Crippen molar-refractivity contribution in [1.82, 2.24) is 0 Å². The second kappa shape index (κ2) is 4.95. The molecule has 90 valence electrons. The SMILES string of the molecule is Cc1ccc(C(Br)c2cc(C)sc2C)c(C)c1. The van der Waals surface area contributed by atoms with Crippen LogP contribution >= 0.6 is 27.3 Å². The summed E-state index contributed by atoms with van der Waals surface area (Å²) in [4.78, 5) is 3.10. The van der Waals surface area contributed by atoms with Crippen LogP contribution in [-0.4, -0.2) is 0 Å². The van der Waals surface area contributed by atoms with Crippen molar-refractivity contribution in [3.8, 4) is 0 Å². The summed E-state index contributed by atoms with van der Waals surface area (Å²) < 4.78 is 0. The molecule has 0 nitrogen and oxygen atoms in total. The Kier molecular flexibility index (Phi) is 3.74. The van der Waals surface area contributed by atoms with Crippen LogP contribution in [0, 0.1) is 27.7 Å². The number of hydrogen-bond acceptors (Lipinski definition) is 1. The van der Waals surface area contributed by atoms with Gasteiger partial charge in [0, 0.05) is 9.75 Å². The van der Waals surface area contributed by atoms with Gasteiger partial charge in [-0.15, -0.1) is 11.3 Å². The van der Waals surface area contributed by atoms with Crippen LogP contribution < -0.4 is 0 Å². The molecule has 0 radical (unpaired) electrons. The molecule has 0 bridgehead atoms. The minimum Gasteiger partial charge on any atom is -0.146 e. The normalized spacial score (nSPS) is 12.8. The topological polar surface area (TPSA) is 0 Å². The van der Waals surface area contributed by atoms with Crippen LogP contribution in [0.3, 0.4) is 0 Å². The minimum absolute atomic E-state index is 0.313. The van der Waals surface area contributed by atoms with Crippen molar-refractivity contribution >= 4 is 27.3 Å². The van der Waals surface area contributed by atoms with Gasteiger partial charge in [0.25, 0.3) is 0 Å². The second-order valence-electron chi connectivity index (χ2n) is 4.59. The van der Waals surface area contributed by atoms with Gasteiger partial charge in [-0.2, -0.15) is 0 Å². The van der Waals surface area contributed by atoms with E-state index in [4.69, 9.17) is 0 Å². The maximum Gasteiger partial charge on any atom is 0.0657 e. The largest absolute Gasteiger partial charge is 0.146 e. The van der Waals surface area contributed by atoms with Gasteiger partial charge < -0.3 is 0 Å². The van der Waals surface area contributed by atoms with E-state index in [9.17, 15) is 0 Å². The van der Waals surface area contributed by atoms with Crippen LogP contribution in [0.15, 0.2) is 24.3 Å². The van der Waals surface area contributed by atoms with Gasteiger partial charge in [-0.1, -0.05) is 39.7 Å². The predicted molar refractivity (Wildman–Crippen MR) is 80.5 cm³/mol. The Morgan fingerprint density at radius 3 is 2.24 bits per heavy atom. The average Bonchev–Trinajstić information content (AvgIpc) is 2.57.